The fraction of sp³-hybridized carbons (Fsp3) is 0.526. The Morgan fingerprint density at radius 3 is 2.58 bits per heavy atom. The van der Waals surface area contributed by atoms with Crippen molar-refractivity contribution < 1.29 is 19.5 Å². The van der Waals surface area contributed by atoms with E-state index in [9.17, 15) is 19.5 Å². The maximum absolute atomic E-state index is 12.2. The van der Waals surface area contributed by atoms with Crippen LogP contribution in [-0.4, -0.2) is 35.0 Å². The summed E-state index contributed by atoms with van der Waals surface area (Å²) >= 11 is 5.79. The molecule has 2 rings (SSSR count). The molecule has 0 radical (unpaired) electrons. The van der Waals surface area contributed by atoms with E-state index in [1.807, 2.05) is 6.92 Å². The predicted octanol–water partition coefficient (Wildman–Crippen LogP) is 3.00. The molecule has 2 atom stereocenters. The van der Waals surface area contributed by atoms with Crippen molar-refractivity contribution in [3.05, 3.63) is 34.9 Å². The zero-order valence-electron chi connectivity index (χ0n) is 14.9. The van der Waals surface area contributed by atoms with Crippen LogP contribution in [0.3, 0.4) is 0 Å². The van der Waals surface area contributed by atoms with Gasteiger partial charge in [-0.1, -0.05) is 24.4 Å². The van der Waals surface area contributed by atoms with E-state index < -0.39 is 17.4 Å². The molecule has 0 bridgehead atoms. The van der Waals surface area contributed by atoms with E-state index >= 15 is 0 Å². The first-order valence-corrected chi connectivity index (χ1v) is 9.27. The Hall–Kier alpha value is -2.08. The molecule has 1 fully saturated rings. The molecule has 142 valence electrons. The average Bonchev–Trinajstić information content (AvgIpc) is 2.59. The number of nitrogens with one attached hydrogen (secondary N) is 2. The summed E-state index contributed by atoms with van der Waals surface area (Å²) in [6, 6.07) is 6.57. The summed E-state index contributed by atoms with van der Waals surface area (Å²) < 4.78 is 0. The summed E-state index contributed by atoms with van der Waals surface area (Å²) in [6.07, 6.45) is 3.77. The number of carbonyl (C=O) groups is 3. The van der Waals surface area contributed by atoms with Crippen LogP contribution in [0.15, 0.2) is 24.3 Å². The van der Waals surface area contributed by atoms with Crippen molar-refractivity contribution in [1.29, 1.82) is 0 Å². The Kier molecular flexibility index (Phi) is 7.03. The first-order chi connectivity index (χ1) is 12.3. The summed E-state index contributed by atoms with van der Waals surface area (Å²) in [5.41, 5.74) is -0.189. The second-order valence-electron chi connectivity index (χ2n) is 6.97. The van der Waals surface area contributed by atoms with E-state index in [1.165, 1.54) is 0 Å². The first kappa shape index (κ1) is 20.2. The summed E-state index contributed by atoms with van der Waals surface area (Å²) in [4.78, 5) is 35.6. The summed E-state index contributed by atoms with van der Waals surface area (Å²) in [5, 5.41) is 15.6. The van der Waals surface area contributed by atoms with Gasteiger partial charge in [-0.3, -0.25) is 14.4 Å². The van der Waals surface area contributed by atoms with Crippen molar-refractivity contribution in [3.63, 3.8) is 0 Å². The van der Waals surface area contributed by atoms with E-state index in [1.54, 1.807) is 24.3 Å². The molecule has 1 aromatic rings. The molecule has 0 aliphatic heterocycles. The van der Waals surface area contributed by atoms with E-state index in [2.05, 4.69) is 10.6 Å². The lowest BCUT2D eigenvalue weighted by molar-refractivity contribution is -0.146. The van der Waals surface area contributed by atoms with E-state index in [4.69, 9.17) is 11.6 Å². The van der Waals surface area contributed by atoms with Crippen LogP contribution >= 0.6 is 11.6 Å². The van der Waals surface area contributed by atoms with Gasteiger partial charge in [0.25, 0.3) is 5.91 Å². The van der Waals surface area contributed by atoms with Crippen LogP contribution in [0.2, 0.25) is 5.02 Å². The molecule has 0 saturated heterocycles. The fourth-order valence-electron chi connectivity index (χ4n) is 3.41. The van der Waals surface area contributed by atoms with Gasteiger partial charge < -0.3 is 15.7 Å². The highest BCUT2D eigenvalue weighted by Crippen LogP contribution is 2.33. The third-order valence-electron chi connectivity index (χ3n) is 4.90. The second kappa shape index (κ2) is 9.03. The van der Waals surface area contributed by atoms with Crippen LogP contribution in [0, 0.1) is 5.92 Å². The normalized spacial score (nSPS) is 22.5. The molecule has 2 unspecified atom stereocenters. The Labute approximate surface area is 158 Å². The van der Waals surface area contributed by atoms with Gasteiger partial charge in [0.2, 0.25) is 5.91 Å². The molecule has 0 aromatic heterocycles. The van der Waals surface area contributed by atoms with Gasteiger partial charge in [-0.05, 0) is 50.5 Å². The topological polar surface area (TPSA) is 95.5 Å². The van der Waals surface area contributed by atoms with Crippen LogP contribution in [-0.2, 0) is 9.59 Å². The highest BCUT2D eigenvalue weighted by Gasteiger charge is 2.41. The molecule has 2 amide bonds. The molecule has 26 heavy (non-hydrogen) atoms. The zero-order valence-corrected chi connectivity index (χ0v) is 15.6. The van der Waals surface area contributed by atoms with Crippen LogP contribution in [0.1, 0.15) is 55.8 Å². The van der Waals surface area contributed by atoms with Gasteiger partial charge in [0.1, 0.15) is 0 Å². The lowest BCUT2D eigenvalue weighted by atomic mass is 9.74. The molecule has 0 heterocycles. The van der Waals surface area contributed by atoms with Crippen molar-refractivity contribution >= 4 is 29.4 Å². The predicted molar refractivity (Wildman–Crippen MR) is 99.2 cm³/mol. The molecule has 1 saturated carbocycles. The lowest BCUT2D eigenvalue weighted by Gasteiger charge is -2.39. The number of hydrogen-bond donors (Lipinski definition) is 3. The number of carbonyl (C=O) groups excluding carboxylic acids is 2. The third-order valence-corrected chi connectivity index (χ3v) is 5.16. The number of halogens is 1. The molecule has 3 N–H and O–H groups in total. The third kappa shape index (κ3) is 5.46. The standard InChI is InChI=1S/C19H25ClN2O4/c1-19(11-3-2-5-15(19)18(25)26)22-16(23)6-4-12-21-17(24)13-7-9-14(20)10-8-13/h7-10,15H,2-6,11-12H2,1H3,(H,21,24)(H,22,23)(H,25,26). The number of aliphatic carboxylic acids is 1. The van der Waals surface area contributed by atoms with Crippen molar-refractivity contribution in [2.45, 2.75) is 51.0 Å². The quantitative estimate of drug-likeness (QED) is 0.633. The average molecular weight is 381 g/mol. The molecule has 1 aliphatic rings. The van der Waals surface area contributed by atoms with E-state index in [0.29, 0.717) is 36.4 Å². The fourth-order valence-corrected chi connectivity index (χ4v) is 3.54. The van der Waals surface area contributed by atoms with Crippen LogP contribution in [0.5, 0.6) is 0 Å². The molecular formula is C19H25ClN2O4. The van der Waals surface area contributed by atoms with Crippen molar-refractivity contribution in [2.24, 2.45) is 5.92 Å². The number of hydrogen-bond acceptors (Lipinski definition) is 3. The second-order valence-corrected chi connectivity index (χ2v) is 7.41. The number of carboxylic acids is 1. The maximum Gasteiger partial charge on any atom is 0.308 e. The molecular weight excluding hydrogens is 356 g/mol. The minimum atomic E-state index is -0.859. The van der Waals surface area contributed by atoms with E-state index in [0.717, 1.165) is 12.8 Å². The number of rotatable bonds is 7. The molecule has 0 spiro atoms. The van der Waals surface area contributed by atoms with Gasteiger partial charge >= 0.3 is 5.97 Å². The highest BCUT2D eigenvalue weighted by molar-refractivity contribution is 6.30. The van der Waals surface area contributed by atoms with Crippen molar-refractivity contribution in [1.82, 2.24) is 10.6 Å². The minimum Gasteiger partial charge on any atom is -0.481 e. The Balaban J connectivity index is 1.75. The zero-order chi connectivity index (χ0) is 19.2. The molecule has 7 heteroatoms. The number of amides is 2. The lowest BCUT2D eigenvalue weighted by Crippen LogP contribution is -2.55. The number of benzene rings is 1. The summed E-state index contributed by atoms with van der Waals surface area (Å²) in [7, 11) is 0. The Morgan fingerprint density at radius 2 is 1.92 bits per heavy atom. The number of carboxylic acid groups (broad SMARTS) is 1. The van der Waals surface area contributed by atoms with Crippen LogP contribution in [0.25, 0.3) is 0 Å². The highest BCUT2D eigenvalue weighted by atomic mass is 35.5. The molecule has 6 nitrogen and oxygen atoms in total. The first-order valence-electron chi connectivity index (χ1n) is 8.89. The van der Waals surface area contributed by atoms with Crippen LogP contribution in [0.4, 0.5) is 0 Å². The van der Waals surface area contributed by atoms with Gasteiger partial charge in [0.05, 0.1) is 11.5 Å². The SMILES string of the molecule is CC1(NC(=O)CCCNC(=O)c2ccc(Cl)cc2)CCCCC1C(=O)O. The summed E-state index contributed by atoms with van der Waals surface area (Å²) in [5.74, 6) is -1.80. The molecule has 1 aromatic carbocycles. The van der Waals surface area contributed by atoms with Gasteiger partial charge in [0.15, 0.2) is 0 Å². The monoisotopic (exact) mass is 380 g/mol. The van der Waals surface area contributed by atoms with Gasteiger partial charge in [-0.2, -0.15) is 0 Å². The van der Waals surface area contributed by atoms with Crippen molar-refractivity contribution in [3.8, 4) is 0 Å². The van der Waals surface area contributed by atoms with Gasteiger partial charge in [0, 0.05) is 23.6 Å². The van der Waals surface area contributed by atoms with Gasteiger partial charge in [-0.25, -0.2) is 0 Å². The molecule has 1 aliphatic carbocycles. The van der Waals surface area contributed by atoms with Crippen LogP contribution < -0.4 is 10.6 Å². The maximum atomic E-state index is 12.2. The van der Waals surface area contributed by atoms with E-state index in [-0.39, 0.29) is 18.2 Å². The minimum absolute atomic E-state index is 0.179. The Bertz CT molecular complexity index is 662. The summed E-state index contributed by atoms with van der Waals surface area (Å²) in [6.45, 7) is 2.18. The largest absolute Gasteiger partial charge is 0.481 e. The van der Waals surface area contributed by atoms with Crippen molar-refractivity contribution in [2.75, 3.05) is 6.54 Å². The van der Waals surface area contributed by atoms with Gasteiger partial charge in [-0.15, -0.1) is 0 Å². The Morgan fingerprint density at radius 1 is 1.23 bits per heavy atom. The smallest absolute Gasteiger partial charge is 0.308 e.